The third kappa shape index (κ3) is 5.97. The lowest BCUT2D eigenvalue weighted by atomic mass is 10.2. The minimum atomic E-state index is 1.04. The summed E-state index contributed by atoms with van der Waals surface area (Å²) in [4.78, 5) is 1.34. The van der Waals surface area contributed by atoms with E-state index in [4.69, 9.17) is 0 Å². The van der Waals surface area contributed by atoms with E-state index < -0.39 is 0 Å². The molecule has 122 valence electrons. The van der Waals surface area contributed by atoms with Crippen LogP contribution in [-0.4, -0.2) is 0 Å². The molecule has 0 atom stereocenters. The van der Waals surface area contributed by atoms with Crippen molar-refractivity contribution >= 4 is 33.3 Å². The number of rotatable bonds is 8. The lowest BCUT2D eigenvalue weighted by Crippen LogP contribution is -1.84. The predicted molar refractivity (Wildman–Crippen MR) is 111 cm³/mol. The molecule has 3 heteroatoms. The molecule has 0 aliphatic heterocycles. The van der Waals surface area contributed by atoms with Crippen LogP contribution in [0.1, 0.15) is 16.7 Å². The van der Waals surface area contributed by atoms with Crippen LogP contribution in [0.25, 0.3) is 0 Å². The molecule has 0 fully saturated rings. The highest BCUT2D eigenvalue weighted by atomic mass is 33.1. The molecule has 0 bridgehead atoms. The molecule has 0 aliphatic carbocycles. The zero-order chi connectivity index (χ0) is 16.5. The fourth-order valence-electron chi connectivity index (χ4n) is 2.29. The maximum absolute atomic E-state index is 2.32. The average molecular weight is 369 g/mol. The lowest BCUT2D eigenvalue weighted by molar-refractivity contribution is 1.32. The molecule has 0 saturated carbocycles. The van der Waals surface area contributed by atoms with Crippen LogP contribution in [0.4, 0.5) is 0 Å². The van der Waals surface area contributed by atoms with Gasteiger partial charge in [0.2, 0.25) is 0 Å². The average Bonchev–Trinajstić information content (AvgIpc) is 2.64. The zero-order valence-corrected chi connectivity index (χ0v) is 15.9. The third-order valence-electron chi connectivity index (χ3n) is 3.50. The number of benzene rings is 3. The molecule has 0 radical (unpaired) electrons. The summed E-state index contributed by atoms with van der Waals surface area (Å²) in [6.07, 6.45) is 0. The van der Waals surface area contributed by atoms with E-state index in [1.165, 1.54) is 21.6 Å². The van der Waals surface area contributed by atoms with Gasteiger partial charge in [-0.15, -0.1) is 0 Å². The van der Waals surface area contributed by atoms with E-state index in [0.717, 1.165) is 17.3 Å². The first-order chi connectivity index (χ1) is 11.9. The van der Waals surface area contributed by atoms with Crippen LogP contribution in [0, 0.1) is 0 Å². The monoisotopic (exact) mass is 368 g/mol. The zero-order valence-electron chi connectivity index (χ0n) is 13.4. The second kappa shape index (κ2) is 9.87. The Morgan fingerprint density at radius 3 is 1.83 bits per heavy atom. The van der Waals surface area contributed by atoms with Crippen molar-refractivity contribution in [2.75, 3.05) is 0 Å². The Morgan fingerprint density at radius 2 is 1.12 bits per heavy atom. The SMILES string of the molecule is c1ccc(CSCc2cccc(SSCc3ccccc3)c2)cc1. The van der Waals surface area contributed by atoms with Crippen LogP contribution in [0.5, 0.6) is 0 Å². The van der Waals surface area contributed by atoms with Gasteiger partial charge < -0.3 is 0 Å². The van der Waals surface area contributed by atoms with Crippen molar-refractivity contribution in [1.29, 1.82) is 0 Å². The lowest BCUT2D eigenvalue weighted by Gasteiger charge is -2.06. The Bertz CT molecular complexity index is 666. The van der Waals surface area contributed by atoms with Crippen molar-refractivity contribution in [2.24, 2.45) is 0 Å². The van der Waals surface area contributed by atoms with Gasteiger partial charge >= 0.3 is 0 Å². The van der Waals surface area contributed by atoms with Gasteiger partial charge in [-0.3, -0.25) is 0 Å². The molecule has 3 rings (SSSR count). The Labute approximate surface area is 156 Å². The molecular weight excluding hydrogens is 348 g/mol. The van der Waals surface area contributed by atoms with Gasteiger partial charge in [0, 0.05) is 22.2 Å². The molecule has 0 nitrogen and oxygen atoms in total. The van der Waals surface area contributed by atoms with E-state index in [1.54, 1.807) is 0 Å². The Hall–Kier alpha value is -1.29. The molecule has 0 aromatic heterocycles. The molecule has 0 unspecified atom stereocenters. The summed E-state index contributed by atoms with van der Waals surface area (Å²) in [7, 11) is 3.77. The maximum atomic E-state index is 2.32. The fourth-order valence-corrected chi connectivity index (χ4v) is 5.39. The Balaban J connectivity index is 1.45. The van der Waals surface area contributed by atoms with Gasteiger partial charge in [0.05, 0.1) is 0 Å². The van der Waals surface area contributed by atoms with Crippen molar-refractivity contribution in [3.8, 4) is 0 Å². The van der Waals surface area contributed by atoms with Crippen LogP contribution in [-0.2, 0) is 17.3 Å². The van der Waals surface area contributed by atoms with Gasteiger partial charge in [-0.05, 0) is 28.8 Å². The molecule has 0 amide bonds. The predicted octanol–water partition coefficient (Wildman–Crippen LogP) is 7.06. The van der Waals surface area contributed by atoms with Crippen molar-refractivity contribution < 1.29 is 0 Å². The van der Waals surface area contributed by atoms with E-state index in [1.807, 2.05) is 33.3 Å². The van der Waals surface area contributed by atoms with Crippen molar-refractivity contribution in [3.05, 3.63) is 102 Å². The quantitative estimate of drug-likeness (QED) is 0.391. The van der Waals surface area contributed by atoms with E-state index in [9.17, 15) is 0 Å². The molecule has 3 aromatic rings. The fraction of sp³-hybridized carbons (Fsp3) is 0.143. The minimum Gasteiger partial charge on any atom is -0.152 e. The van der Waals surface area contributed by atoms with Gasteiger partial charge in [-0.2, -0.15) is 11.8 Å². The Kier molecular flexibility index (Phi) is 7.21. The highest BCUT2D eigenvalue weighted by molar-refractivity contribution is 8.76. The highest BCUT2D eigenvalue weighted by Gasteiger charge is 2.00. The van der Waals surface area contributed by atoms with E-state index in [-0.39, 0.29) is 0 Å². The Morgan fingerprint density at radius 1 is 0.542 bits per heavy atom. The smallest absolute Gasteiger partial charge is 0.0292 e. The van der Waals surface area contributed by atoms with Gasteiger partial charge in [0.25, 0.3) is 0 Å². The summed E-state index contributed by atoms with van der Waals surface area (Å²) in [5.74, 6) is 3.17. The van der Waals surface area contributed by atoms with Gasteiger partial charge in [0.1, 0.15) is 0 Å². The van der Waals surface area contributed by atoms with Crippen LogP contribution in [0.3, 0.4) is 0 Å². The molecule has 0 saturated heterocycles. The van der Waals surface area contributed by atoms with Gasteiger partial charge in [-0.25, -0.2) is 0 Å². The molecule has 0 spiro atoms. The molecular formula is C21H20S3. The maximum Gasteiger partial charge on any atom is 0.0292 e. The number of hydrogen-bond donors (Lipinski definition) is 0. The van der Waals surface area contributed by atoms with Crippen LogP contribution in [0.2, 0.25) is 0 Å². The van der Waals surface area contributed by atoms with Crippen LogP contribution >= 0.6 is 33.3 Å². The summed E-state index contributed by atoms with van der Waals surface area (Å²) in [5.41, 5.74) is 4.18. The summed E-state index contributed by atoms with van der Waals surface area (Å²) >= 11 is 1.97. The first-order valence-electron chi connectivity index (χ1n) is 7.94. The summed E-state index contributed by atoms with van der Waals surface area (Å²) in [6.45, 7) is 0. The first-order valence-corrected chi connectivity index (χ1v) is 11.4. The number of thioether (sulfide) groups is 1. The van der Waals surface area contributed by atoms with Crippen molar-refractivity contribution in [1.82, 2.24) is 0 Å². The summed E-state index contributed by atoms with van der Waals surface area (Å²) < 4.78 is 0. The van der Waals surface area contributed by atoms with Crippen molar-refractivity contribution in [3.63, 3.8) is 0 Å². The summed E-state index contributed by atoms with van der Waals surface area (Å²) in [6, 6.07) is 30.2. The molecule has 3 aromatic carbocycles. The van der Waals surface area contributed by atoms with E-state index in [2.05, 4.69) is 84.9 Å². The second-order valence-electron chi connectivity index (χ2n) is 5.46. The van der Waals surface area contributed by atoms with Crippen molar-refractivity contribution in [2.45, 2.75) is 22.2 Å². The summed E-state index contributed by atoms with van der Waals surface area (Å²) in [5, 5.41) is 0. The van der Waals surface area contributed by atoms with Gasteiger partial charge in [0.15, 0.2) is 0 Å². The third-order valence-corrected chi connectivity index (χ3v) is 6.88. The second-order valence-corrected chi connectivity index (χ2v) is 8.81. The normalized spacial score (nSPS) is 10.7. The van der Waals surface area contributed by atoms with E-state index in [0.29, 0.717) is 0 Å². The molecule has 0 N–H and O–H groups in total. The standard InChI is InChI=1S/C21H20S3/c1-3-8-18(9-4-1)15-22-16-20-12-7-13-21(14-20)24-23-17-19-10-5-2-6-11-19/h1-14H,15-17H2. The van der Waals surface area contributed by atoms with Gasteiger partial charge in [-0.1, -0.05) is 94.4 Å². The highest BCUT2D eigenvalue weighted by Crippen LogP contribution is 2.34. The number of hydrogen-bond acceptors (Lipinski definition) is 3. The molecule has 0 aliphatic rings. The van der Waals surface area contributed by atoms with E-state index >= 15 is 0 Å². The first kappa shape index (κ1) is 17.5. The minimum absolute atomic E-state index is 1.04. The molecule has 24 heavy (non-hydrogen) atoms. The largest absolute Gasteiger partial charge is 0.152 e. The molecule has 0 heterocycles. The topological polar surface area (TPSA) is 0 Å². The van der Waals surface area contributed by atoms with Crippen LogP contribution in [0.15, 0.2) is 89.8 Å². The van der Waals surface area contributed by atoms with Crippen LogP contribution < -0.4 is 0 Å².